The molecule has 1 amide bonds. The smallest absolute Gasteiger partial charge is 0.273 e. The maximum atomic E-state index is 13.2. The number of rotatable bonds is 5. The van der Waals surface area contributed by atoms with E-state index in [0.29, 0.717) is 36.5 Å². The standard InChI is InChI=1S/C25H27N5O3/c1-16(2)28(4)24-20-15-29(25(31)19-11-10-17(3)22(14-19)30(32)33)13-12-21(20)26-23(27-24)18-8-6-5-7-9-18/h5-11,14,16H,12-13,15H2,1-4H3. The van der Waals surface area contributed by atoms with E-state index in [0.717, 1.165) is 22.6 Å². The quantitative estimate of drug-likeness (QED) is 0.427. The van der Waals surface area contributed by atoms with Crippen LogP contribution in [0.2, 0.25) is 0 Å². The largest absolute Gasteiger partial charge is 0.357 e. The number of aromatic nitrogens is 2. The van der Waals surface area contributed by atoms with Gasteiger partial charge >= 0.3 is 0 Å². The van der Waals surface area contributed by atoms with Gasteiger partial charge in [-0.3, -0.25) is 14.9 Å². The molecular formula is C25H27N5O3. The van der Waals surface area contributed by atoms with Crippen molar-refractivity contribution in [1.82, 2.24) is 14.9 Å². The van der Waals surface area contributed by atoms with Crippen molar-refractivity contribution >= 4 is 17.4 Å². The Kier molecular flexibility index (Phi) is 6.09. The van der Waals surface area contributed by atoms with E-state index in [1.807, 2.05) is 37.4 Å². The number of hydrogen-bond acceptors (Lipinski definition) is 6. The van der Waals surface area contributed by atoms with Crippen LogP contribution in [0.4, 0.5) is 11.5 Å². The van der Waals surface area contributed by atoms with E-state index in [-0.39, 0.29) is 17.6 Å². The van der Waals surface area contributed by atoms with Gasteiger partial charge in [0.1, 0.15) is 5.82 Å². The summed E-state index contributed by atoms with van der Waals surface area (Å²) in [5.41, 5.74) is 3.61. The molecule has 0 atom stereocenters. The summed E-state index contributed by atoms with van der Waals surface area (Å²) in [6, 6.07) is 14.7. The number of benzene rings is 2. The van der Waals surface area contributed by atoms with Gasteiger partial charge in [-0.1, -0.05) is 36.4 Å². The van der Waals surface area contributed by atoms with Gasteiger partial charge in [0.25, 0.3) is 11.6 Å². The van der Waals surface area contributed by atoms with E-state index in [1.54, 1.807) is 24.0 Å². The number of fused-ring (bicyclic) bond motifs is 1. The topological polar surface area (TPSA) is 92.5 Å². The van der Waals surface area contributed by atoms with Gasteiger partial charge in [0.15, 0.2) is 5.82 Å². The molecule has 1 aromatic heterocycles. The molecule has 0 bridgehead atoms. The Morgan fingerprint density at radius 1 is 1.15 bits per heavy atom. The molecule has 8 heteroatoms. The van der Waals surface area contributed by atoms with Crippen molar-refractivity contribution in [3.63, 3.8) is 0 Å². The van der Waals surface area contributed by atoms with Gasteiger partial charge in [-0.05, 0) is 26.8 Å². The van der Waals surface area contributed by atoms with Crippen molar-refractivity contribution in [2.45, 2.75) is 39.8 Å². The third kappa shape index (κ3) is 4.41. The zero-order valence-electron chi connectivity index (χ0n) is 19.3. The van der Waals surface area contributed by atoms with Crippen LogP contribution in [0.3, 0.4) is 0 Å². The first-order chi connectivity index (χ1) is 15.8. The molecule has 0 N–H and O–H groups in total. The second kappa shape index (κ2) is 8.97. The normalized spacial score (nSPS) is 13.1. The Morgan fingerprint density at radius 2 is 1.88 bits per heavy atom. The molecule has 0 spiro atoms. The lowest BCUT2D eigenvalue weighted by molar-refractivity contribution is -0.385. The van der Waals surface area contributed by atoms with Crippen LogP contribution in [-0.4, -0.2) is 45.3 Å². The number of anilines is 1. The fraction of sp³-hybridized carbons (Fsp3) is 0.320. The van der Waals surface area contributed by atoms with Gasteiger partial charge in [-0.15, -0.1) is 0 Å². The van der Waals surface area contributed by atoms with Crippen molar-refractivity contribution < 1.29 is 9.72 Å². The molecule has 1 aliphatic heterocycles. The SMILES string of the molecule is Cc1ccc(C(=O)N2CCc3nc(-c4ccccc4)nc(N(C)C(C)C)c3C2)cc1[N+](=O)[O-]. The van der Waals surface area contributed by atoms with Gasteiger partial charge < -0.3 is 9.80 Å². The van der Waals surface area contributed by atoms with Crippen LogP contribution in [0.5, 0.6) is 0 Å². The first-order valence-corrected chi connectivity index (χ1v) is 11.0. The molecule has 2 heterocycles. The summed E-state index contributed by atoms with van der Waals surface area (Å²) in [5.74, 6) is 1.25. The average Bonchev–Trinajstić information content (AvgIpc) is 2.82. The lowest BCUT2D eigenvalue weighted by Crippen LogP contribution is -2.38. The van der Waals surface area contributed by atoms with Gasteiger partial charge in [0, 0.05) is 54.4 Å². The highest BCUT2D eigenvalue weighted by atomic mass is 16.6. The first-order valence-electron chi connectivity index (χ1n) is 11.0. The minimum Gasteiger partial charge on any atom is -0.357 e. The van der Waals surface area contributed by atoms with Crippen molar-refractivity contribution in [2.24, 2.45) is 0 Å². The Balaban J connectivity index is 1.71. The number of carbonyl (C=O) groups excluding carboxylic acids is 1. The third-order valence-corrected chi connectivity index (χ3v) is 6.12. The van der Waals surface area contributed by atoms with E-state index in [9.17, 15) is 14.9 Å². The van der Waals surface area contributed by atoms with Crippen LogP contribution in [-0.2, 0) is 13.0 Å². The molecule has 33 heavy (non-hydrogen) atoms. The molecule has 2 aromatic carbocycles. The number of amides is 1. The Morgan fingerprint density at radius 3 is 2.55 bits per heavy atom. The summed E-state index contributed by atoms with van der Waals surface area (Å²) in [5, 5.41) is 11.3. The maximum Gasteiger partial charge on any atom is 0.273 e. The van der Waals surface area contributed by atoms with Crippen LogP contribution in [0.1, 0.15) is 41.0 Å². The molecule has 0 unspecified atom stereocenters. The third-order valence-electron chi connectivity index (χ3n) is 6.12. The summed E-state index contributed by atoms with van der Waals surface area (Å²) in [7, 11) is 1.99. The van der Waals surface area contributed by atoms with Gasteiger partial charge in [0.05, 0.1) is 17.2 Å². The molecule has 0 radical (unpaired) electrons. The number of aryl methyl sites for hydroxylation is 1. The van der Waals surface area contributed by atoms with Crippen LogP contribution in [0, 0.1) is 17.0 Å². The summed E-state index contributed by atoms with van der Waals surface area (Å²) in [4.78, 5) is 37.7. The highest BCUT2D eigenvalue weighted by Gasteiger charge is 2.29. The second-order valence-corrected chi connectivity index (χ2v) is 8.60. The van der Waals surface area contributed by atoms with Crippen LogP contribution in [0.25, 0.3) is 11.4 Å². The van der Waals surface area contributed by atoms with E-state index in [2.05, 4.69) is 18.7 Å². The van der Waals surface area contributed by atoms with E-state index in [1.165, 1.54) is 6.07 Å². The summed E-state index contributed by atoms with van der Waals surface area (Å²) in [6.07, 6.45) is 0.594. The van der Waals surface area contributed by atoms with Crippen LogP contribution in [0.15, 0.2) is 48.5 Å². The fourth-order valence-electron chi connectivity index (χ4n) is 3.94. The second-order valence-electron chi connectivity index (χ2n) is 8.60. The van der Waals surface area contributed by atoms with Crippen molar-refractivity contribution in [3.05, 3.63) is 81.0 Å². The Hall–Kier alpha value is -3.81. The number of hydrogen-bond donors (Lipinski definition) is 0. The van der Waals surface area contributed by atoms with Crippen molar-refractivity contribution in [2.75, 3.05) is 18.5 Å². The minimum atomic E-state index is -0.452. The molecular weight excluding hydrogens is 418 g/mol. The number of nitrogens with zero attached hydrogens (tertiary/aromatic N) is 5. The van der Waals surface area contributed by atoms with E-state index < -0.39 is 4.92 Å². The minimum absolute atomic E-state index is 0.0469. The number of carbonyl (C=O) groups is 1. The lowest BCUT2D eigenvalue weighted by atomic mass is 10.0. The molecule has 170 valence electrons. The van der Waals surface area contributed by atoms with Gasteiger partial charge in [-0.2, -0.15) is 0 Å². The Bertz CT molecular complexity index is 1210. The van der Waals surface area contributed by atoms with E-state index >= 15 is 0 Å². The monoisotopic (exact) mass is 445 g/mol. The molecule has 0 fully saturated rings. The maximum absolute atomic E-state index is 13.2. The molecule has 0 saturated heterocycles. The predicted octanol–water partition coefficient (Wildman–Crippen LogP) is 4.40. The number of nitro benzene ring substituents is 1. The molecule has 0 saturated carbocycles. The highest BCUT2D eigenvalue weighted by Crippen LogP contribution is 2.31. The first kappa shape index (κ1) is 22.4. The highest BCUT2D eigenvalue weighted by molar-refractivity contribution is 5.95. The van der Waals surface area contributed by atoms with Crippen molar-refractivity contribution in [3.8, 4) is 11.4 Å². The van der Waals surface area contributed by atoms with Crippen molar-refractivity contribution in [1.29, 1.82) is 0 Å². The Labute approximate surface area is 193 Å². The summed E-state index contributed by atoms with van der Waals surface area (Å²) in [6.45, 7) is 6.70. The molecule has 4 rings (SSSR count). The zero-order chi connectivity index (χ0) is 23.7. The average molecular weight is 446 g/mol. The molecule has 3 aromatic rings. The van der Waals surface area contributed by atoms with Gasteiger partial charge in [0.2, 0.25) is 0 Å². The summed E-state index contributed by atoms with van der Waals surface area (Å²) < 4.78 is 0. The lowest BCUT2D eigenvalue weighted by Gasteiger charge is -2.33. The predicted molar refractivity (Wildman–Crippen MR) is 127 cm³/mol. The van der Waals surface area contributed by atoms with Crippen LogP contribution < -0.4 is 4.90 Å². The van der Waals surface area contributed by atoms with E-state index in [4.69, 9.17) is 9.97 Å². The molecule has 8 nitrogen and oxygen atoms in total. The fourth-order valence-corrected chi connectivity index (χ4v) is 3.94. The number of nitro groups is 1. The molecule has 0 aliphatic carbocycles. The van der Waals surface area contributed by atoms with Gasteiger partial charge in [-0.25, -0.2) is 9.97 Å². The molecule has 1 aliphatic rings. The summed E-state index contributed by atoms with van der Waals surface area (Å²) >= 11 is 0. The van der Waals surface area contributed by atoms with Crippen LogP contribution >= 0.6 is 0 Å². The zero-order valence-corrected chi connectivity index (χ0v) is 19.3.